The SMILES string of the molecule is CCCCCc1[nH]c(C)c[n+]1OC. The number of nitrogens with zero attached hydrogens (tertiary/aromatic N) is 1. The van der Waals surface area contributed by atoms with Crippen LogP contribution in [-0.2, 0) is 6.42 Å². The van der Waals surface area contributed by atoms with Crippen LogP contribution in [0.25, 0.3) is 0 Å². The number of aryl methyl sites for hydroxylation is 2. The van der Waals surface area contributed by atoms with Crippen molar-refractivity contribution in [2.75, 3.05) is 7.11 Å². The molecule has 0 fully saturated rings. The van der Waals surface area contributed by atoms with Crippen LogP contribution >= 0.6 is 0 Å². The number of aromatic amines is 1. The van der Waals surface area contributed by atoms with Crippen LogP contribution in [0.2, 0.25) is 0 Å². The Morgan fingerprint density at radius 1 is 1.46 bits per heavy atom. The molecule has 0 aliphatic heterocycles. The molecule has 0 radical (unpaired) electrons. The van der Waals surface area contributed by atoms with Gasteiger partial charge in [0.05, 0.1) is 6.42 Å². The fourth-order valence-electron chi connectivity index (χ4n) is 1.45. The van der Waals surface area contributed by atoms with Crippen LogP contribution in [0.15, 0.2) is 6.20 Å². The molecule has 0 aliphatic carbocycles. The highest BCUT2D eigenvalue weighted by Gasteiger charge is 2.12. The van der Waals surface area contributed by atoms with Crippen molar-refractivity contribution < 1.29 is 9.57 Å². The van der Waals surface area contributed by atoms with Crippen molar-refractivity contribution in [1.82, 2.24) is 4.98 Å². The predicted octanol–water partition coefficient (Wildman–Crippen LogP) is 1.40. The molecular weight excluding hydrogens is 164 g/mol. The van der Waals surface area contributed by atoms with E-state index in [0.717, 1.165) is 17.9 Å². The van der Waals surface area contributed by atoms with Crippen molar-refractivity contribution in [3.63, 3.8) is 0 Å². The highest BCUT2D eigenvalue weighted by atomic mass is 16.6. The summed E-state index contributed by atoms with van der Waals surface area (Å²) in [6.07, 6.45) is 6.80. The van der Waals surface area contributed by atoms with Gasteiger partial charge in [0.2, 0.25) is 0 Å². The molecule has 0 aliphatic rings. The number of rotatable bonds is 5. The second-order valence-corrected chi connectivity index (χ2v) is 3.35. The van der Waals surface area contributed by atoms with Crippen LogP contribution in [0, 0.1) is 6.92 Å². The molecular formula is C10H19N2O+. The Labute approximate surface area is 79.7 Å². The van der Waals surface area contributed by atoms with Crippen molar-refractivity contribution in [2.45, 2.75) is 39.5 Å². The van der Waals surface area contributed by atoms with Crippen molar-refractivity contribution in [2.24, 2.45) is 0 Å². The summed E-state index contributed by atoms with van der Waals surface area (Å²) in [6.45, 7) is 4.25. The summed E-state index contributed by atoms with van der Waals surface area (Å²) >= 11 is 0. The highest BCUT2D eigenvalue weighted by molar-refractivity contribution is 4.90. The number of H-pyrrole nitrogens is 1. The van der Waals surface area contributed by atoms with Gasteiger partial charge in [0.25, 0.3) is 5.82 Å². The first-order valence-electron chi connectivity index (χ1n) is 4.92. The van der Waals surface area contributed by atoms with Gasteiger partial charge in [-0.2, -0.15) is 0 Å². The average molecular weight is 183 g/mol. The third-order valence-corrected chi connectivity index (χ3v) is 2.13. The quantitative estimate of drug-likeness (QED) is 0.542. The third-order valence-electron chi connectivity index (χ3n) is 2.13. The molecule has 0 saturated heterocycles. The van der Waals surface area contributed by atoms with Gasteiger partial charge in [-0.05, 0) is 11.2 Å². The number of unbranched alkanes of at least 4 members (excludes halogenated alkanes) is 2. The van der Waals surface area contributed by atoms with Gasteiger partial charge >= 0.3 is 0 Å². The van der Waals surface area contributed by atoms with E-state index in [0.29, 0.717) is 0 Å². The van der Waals surface area contributed by atoms with E-state index < -0.39 is 0 Å². The smallest absolute Gasteiger partial charge is 0.294 e. The van der Waals surface area contributed by atoms with Crippen LogP contribution in [0.1, 0.15) is 37.7 Å². The first-order valence-corrected chi connectivity index (χ1v) is 4.92. The molecule has 0 bridgehead atoms. The Morgan fingerprint density at radius 3 is 2.85 bits per heavy atom. The molecule has 1 aromatic heterocycles. The van der Waals surface area contributed by atoms with E-state index in [4.69, 9.17) is 4.84 Å². The summed E-state index contributed by atoms with van der Waals surface area (Å²) < 4.78 is 1.81. The lowest BCUT2D eigenvalue weighted by Gasteiger charge is -1.96. The maximum atomic E-state index is 5.18. The molecule has 1 rings (SSSR count). The number of hydrogen-bond acceptors (Lipinski definition) is 1. The highest BCUT2D eigenvalue weighted by Crippen LogP contribution is 2.01. The van der Waals surface area contributed by atoms with E-state index in [1.165, 1.54) is 19.3 Å². The molecule has 0 aromatic carbocycles. The first-order chi connectivity index (χ1) is 6.27. The van der Waals surface area contributed by atoms with Crippen LogP contribution in [0.4, 0.5) is 0 Å². The van der Waals surface area contributed by atoms with Gasteiger partial charge in [0.1, 0.15) is 12.8 Å². The minimum absolute atomic E-state index is 1.06. The molecule has 3 heteroatoms. The molecule has 1 aromatic rings. The van der Waals surface area contributed by atoms with Gasteiger partial charge < -0.3 is 4.84 Å². The maximum absolute atomic E-state index is 5.18. The van der Waals surface area contributed by atoms with Crippen LogP contribution in [-0.4, -0.2) is 12.1 Å². The molecule has 3 nitrogen and oxygen atoms in total. The molecule has 0 spiro atoms. The van der Waals surface area contributed by atoms with Gasteiger partial charge in [0.15, 0.2) is 6.20 Å². The Balaban J connectivity index is 2.53. The summed E-state index contributed by atoms with van der Waals surface area (Å²) in [6, 6.07) is 0. The fraction of sp³-hybridized carbons (Fsp3) is 0.700. The van der Waals surface area contributed by atoms with E-state index in [1.807, 2.05) is 17.9 Å². The molecule has 0 amide bonds. The van der Waals surface area contributed by atoms with Crippen molar-refractivity contribution in [3.8, 4) is 0 Å². The van der Waals surface area contributed by atoms with Crippen LogP contribution in [0.5, 0.6) is 0 Å². The standard InChI is InChI=1S/C10H18N2O/c1-4-5-6-7-10-11-9(2)8-12(10)13-3/h8H,4-7H2,1-3H3/p+1. The maximum Gasteiger partial charge on any atom is 0.294 e. The lowest BCUT2D eigenvalue weighted by molar-refractivity contribution is -0.889. The zero-order valence-corrected chi connectivity index (χ0v) is 8.76. The Morgan fingerprint density at radius 2 is 2.23 bits per heavy atom. The number of nitrogens with one attached hydrogen (secondary N) is 1. The largest absolute Gasteiger partial charge is 0.339 e. The minimum Gasteiger partial charge on any atom is -0.339 e. The van der Waals surface area contributed by atoms with Crippen LogP contribution < -0.4 is 9.57 Å². The lowest BCUT2D eigenvalue weighted by Crippen LogP contribution is -2.42. The van der Waals surface area contributed by atoms with Gasteiger partial charge in [0, 0.05) is 6.92 Å². The Kier molecular flexibility index (Phi) is 3.80. The van der Waals surface area contributed by atoms with Gasteiger partial charge in [-0.15, -0.1) is 0 Å². The van der Waals surface area contributed by atoms with Gasteiger partial charge in [-0.25, -0.2) is 4.98 Å². The second-order valence-electron chi connectivity index (χ2n) is 3.35. The fourth-order valence-corrected chi connectivity index (χ4v) is 1.45. The average Bonchev–Trinajstić information content (AvgIpc) is 2.47. The van der Waals surface area contributed by atoms with Crippen molar-refractivity contribution in [3.05, 3.63) is 17.7 Å². The van der Waals surface area contributed by atoms with Gasteiger partial charge in [-0.3, -0.25) is 0 Å². The lowest BCUT2D eigenvalue weighted by atomic mass is 10.2. The van der Waals surface area contributed by atoms with E-state index in [-0.39, 0.29) is 0 Å². The molecule has 74 valence electrons. The zero-order chi connectivity index (χ0) is 9.68. The Hall–Kier alpha value is -0.990. The summed E-state index contributed by atoms with van der Waals surface area (Å²) in [5, 5.41) is 0. The van der Waals surface area contributed by atoms with E-state index >= 15 is 0 Å². The molecule has 0 atom stereocenters. The molecule has 13 heavy (non-hydrogen) atoms. The van der Waals surface area contributed by atoms with Crippen molar-refractivity contribution >= 4 is 0 Å². The topological polar surface area (TPSA) is 28.9 Å². The first kappa shape index (κ1) is 10.1. The molecule has 0 saturated carbocycles. The summed E-state index contributed by atoms with van der Waals surface area (Å²) in [5.41, 5.74) is 1.15. The minimum atomic E-state index is 1.06. The number of aromatic nitrogens is 2. The summed E-state index contributed by atoms with van der Waals surface area (Å²) in [4.78, 5) is 8.47. The molecule has 1 heterocycles. The normalized spacial score (nSPS) is 10.4. The Bertz CT molecular complexity index is 255. The molecule has 1 N–H and O–H groups in total. The predicted molar refractivity (Wildman–Crippen MR) is 51.5 cm³/mol. The number of hydrogen-bond donors (Lipinski definition) is 1. The van der Waals surface area contributed by atoms with E-state index in [9.17, 15) is 0 Å². The van der Waals surface area contributed by atoms with Crippen LogP contribution in [0.3, 0.4) is 0 Å². The van der Waals surface area contributed by atoms with Crippen molar-refractivity contribution in [1.29, 1.82) is 0 Å². The summed E-state index contributed by atoms with van der Waals surface area (Å²) in [7, 11) is 1.69. The monoisotopic (exact) mass is 183 g/mol. The van der Waals surface area contributed by atoms with Gasteiger partial charge in [-0.1, -0.05) is 19.8 Å². The molecule has 0 unspecified atom stereocenters. The number of imidazole rings is 1. The summed E-state index contributed by atoms with van der Waals surface area (Å²) in [5.74, 6) is 1.16. The second kappa shape index (κ2) is 4.90. The zero-order valence-electron chi connectivity index (χ0n) is 8.76. The third kappa shape index (κ3) is 2.76. The van der Waals surface area contributed by atoms with E-state index in [1.54, 1.807) is 7.11 Å². The van der Waals surface area contributed by atoms with E-state index in [2.05, 4.69) is 11.9 Å².